The summed E-state index contributed by atoms with van der Waals surface area (Å²) in [5, 5.41) is 1.00. The molecule has 1 heterocycles. The standard InChI is InChI=1S/C9H16F3N3O/c1-14-5-3-7(4-6-14)15(2)8(16)13-9(10,11)12/h7H,3-6H2,1-2H3,(H,13,16). The van der Waals surface area contributed by atoms with Crippen molar-refractivity contribution in [2.75, 3.05) is 27.2 Å². The quantitative estimate of drug-likeness (QED) is 0.699. The Hall–Kier alpha value is -0.980. The van der Waals surface area contributed by atoms with Crippen LogP contribution >= 0.6 is 0 Å². The van der Waals surface area contributed by atoms with E-state index in [9.17, 15) is 18.0 Å². The molecule has 94 valence electrons. The predicted molar refractivity (Wildman–Crippen MR) is 52.9 cm³/mol. The van der Waals surface area contributed by atoms with Crippen molar-refractivity contribution in [3.8, 4) is 0 Å². The number of amides is 2. The molecule has 0 unspecified atom stereocenters. The van der Waals surface area contributed by atoms with Gasteiger partial charge in [0.15, 0.2) is 0 Å². The van der Waals surface area contributed by atoms with E-state index in [0.29, 0.717) is 12.8 Å². The first-order valence-electron chi connectivity index (χ1n) is 5.10. The molecule has 0 aliphatic carbocycles. The third kappa shape index (κ3) is 3.88. The highest BCUT2D eigenvalue weighted by Crippen LogP contribution is 2.16. The Morgan fingerprint density at radius 3 is 2.31 bits per heavy atom. The molecule has 0 bridgehead atoms. The molecule has 0 saturated carbocycles. The Kier molecular flexibility index (Phi) is 4.01. The Balaban J connectivity index is 2.45. The van der Waals surface area contributed by atoms with E-state index in [1.54, 1.807) is 0 Å². The van der Waals surface area contributed by atoms with Crippen LogP contribution in [0.15, 0.2) is 0 Å². The molecule has 1 fully saturated rings. The summed E-state index contributed by atoms with van der Waals surface area (Å²) in [6.07, 6.45) is -3.24. The Bertz CT molecular complexity index is 249. The molecular formula is C9H16F3N3O. The maximum atomic E-state index is 11.9. The van der Waals surface area contributed by atoms with Crippen molar-refractivity contribution in [3.63, 3.8) is 0 Å². The highest BCUT2D eigenvalue weighted by molar-refractivity contribution is 5.74. The van der Waals surface area contributed by atoms with Crippen molar-refractivity contribution in [3.05, 3.63) is 0 Å². The van der Waals surface area contributed by atoms with Crippen LogP contribution in [0.4, 0.5) is 18.0 Å². The van der Waals surface area contributed by atoms with E-state index in [0.717, 1.165) is 23.3 Å². The summed E-state index contributed by atoms with van der Waals surface area (Å²) in [5.74, 6) is 0. The van der Waals surface area contributed by atoms with Crippen LogP contribution in [0, 0.1) is 0 Å². The molecule has 0 atom stereocenters. The van der Waals surface area contributed by atoms with Crippen LogP contribution < -0.4 is 5.32 Å². The van der Waals surface area contributed by atoms with Gasteiger partial charge in [0.05, 0.1) is 0 Å². The molecule has 0 aromatic carbocycles. The minimum atomic E-state index is -4.66. The number of hydrogen-bond donors (Lipinski definition) is 1. The lowest BCUT2D eigenvalue weighted by molar-refractivity contribution is -0.147. The molecule has 16 heavy (non-hydrogen) atoms. The number of piperidine rings is 1. The normalized spacial score (nSPS) is 19.6. The zero-order chi connectivity index (χ0) is 12.3. The smallest absolute Gasteiger partial charge is 0.325 e. The van der Waals surface area contributed by atoms with Gasteiger partial charge in [-0.25, -0.2) is 10.1 Å². The van der Waals surface area contributed by atoms with Crippen LogP contribution in [0.2, 0.25) is 0 Å². The highest BCUT2D eigenvalue weighted by Gasteiger charge is 2.33. The van der Waals surface area contributed by atoms with Gasteiger partial charge in [-0.3, -0.25) is 0 Å². The third-order valence-electron chi connectivity index (χ3n) is 2.80. The van der Waals surface area contributed by atoms with Crippen molar-refractivity contribution in [1.29, 1.82) is 0 Å². The van der Waals surface area contributed by atoms with E-state index >= 15 is 0 Å². The predicted octanol–water partition coefficient (Wildman–Crippen LogP) is 1.24. The van der Waals surface area contributed by atoms with Crippen LogP contribution in [-0.2, 0) is 0 Å². The lowest BCUT2D eigenvalue weighted by atomic mass is 10.0. The SMILES string of the molecule is CN1CCC(N(C)C(=O)NC(F)(F)F)CC1. The van der Waals surface area contributed by atoms with Crippen molar-refractivity contribution < 1.29 is 18.0 Å². The first-order valence-corrected chi connectivity index (χ1v) is 5.10. The first kappa shape index (κ1) is 13.1. The van der Waals surface area contributed by atoms with Crippen LogP contribution in [-0.4, -0.2) is 55.4 Å². The third-order valence-corrected chi connectivity index (χ3v) is 2.80. The average Bonchev–Trinajstić information content (AvgIpc) is 2.15. The van der Waals surface area contributed by atoms with E-state index in [2.05, 4.69) is 4.90 Å². The van der Waals surface area contributed by atoms with E-state index in [-0.39, 0.29) is 6.04 Å². The van der Waals surface area contributed by atoms with Gasteiger partial charge in [-0.1, -0.05) is 0 Å². The van der Waals surface area contributed by atoms with Gasteiger partial charge in [-0.15, -0.1) is 0 Å². The van der Waals surface area contributed by atoms with Gasteiger partial charge in [0.25, 0.3) is 0 Å². The molecule has 1 saturated heterocycles. The minimum Gasteiger partial charge on any atom is -0.325 e. The molecule has 0 aromatic rings. The lowest BCUT2D eigenvalue weighted by Crippen LogP contribution is -2.51. The van der Waals surface area contributed by atoms with Gasteiger partial charge in [-0.05, 0) is 33.0 Å². The Morgan fingerprint density at radius 2 is 1.88 bits per heavy atom. The molecule has 7 heteroatoms. The summed E-state index contributed by atoms with van der Waals surface area (Å²) in [6.45, 7) is 1.60. The molecular weight excluding hydrogens is 223 g/mol. The Labute approximate surface area is 92.4 Å². The molecule has 1 aliphatic rings. The summed E-state index contributed by atoms with van der Waals surface area (Å²) >= 11 is 0. The molecule has 0 radical (unpaired) electrons. The number of nitrogens with one attached hydrogen (secondary N) is 1. The number of rotatable bonds is 1. The van der Waals surface area contributed by atoms with Gasteiger partial charge in [0, 0.05) is 13.1 Å². The second-order valence-corrected chi connectivity index (χ2v) is 4.07. The summed E-state index contributed by atoms with van der Waals surface area (Å²) in [5.41, 5.74) is 0. The average molecular weight is 239 g/mol. The van der Waals surface area contributed by atoms with Crippen LogP contribution in [0.1, 0.15) is 12.8 Å². The van der Waals surface area contributed by atoms with Gasteiger partial charge in [0.1, 0.15) is 0 Å². The number of carbonyl (C=O) groups excluding carboxylic acids is 1. The Morgan fingerprint density at radius 1 is 1.38 bits per heavy atom. The lowest BCUT2D eigenvalue weighted by Gasteiger charge is -2.35. The fourth-order valence-corrected chi connectivity index (χ4v) is 1.76. The van der Waals surface area contributed by atoms with Crippen LogP contribution in [0.25, 0.3) is 0 Å². The fraction of sp³-hybridized carbons (Fsp3) is 0.889. The number of carbonyl (C=O) groups is 1. The topological polar surface area (TPSA) is 35.6 Å². The largest absolute Gasteiger partial charge is 0.485 e. The molecule has 1 rings (SSSR count). The maximum Gasteiger partial charge on any atom is 0.485 e. The van der Waals surface area contributed by atoms with Gasteiger partial charge < -0.3 is 9.80 Å². The van der Waals surface area contributed by atoms with E-state index in [1.807, 2.05) is 7.05 Å². The second-order valence-electron chi connectivity index (χ2n) is 4.07. The van der Waals surface area contributed by atoms with Gasteiger partial charge >= 0.3 is 12.3 Å². The first-order chi connectivity index (χ1) is 7.29. The molecule has 0 spiro atoms. The number of likely N-dealkylation sites (tertiary alicyclic amines) is 1. The summed E-state index contributed by atoms with van der Waals surface area (Å²) in [6, 6.07) is -1.19. The van der Waals surface area contributed by atoms with Gasteiger partial charge in [0.2, 0.25) is 0 Å². The van der Waals surface area contributed by atoms with Crippen molar-refractivity contribution in [2.45, 2.75) is 25.2 Å². The zero-order valence-corrected chi connectivity index (χ0v) is 9.34. The van der Waals surface area contributed by atoms with E-state index in [1.165, 1.54) is 7.05 Å². The fourth-order valence-electron chi connectivity index (χ4n) is 1.76. The minimum absolute atomic E-state index is 0.112. The van der Waals surface area contributed by atoms with E-state index in [4.69, 9.17) is 0 Å². The monoisotopic (exact) mass is 239 g/mol. The number of nitrogens with zero attached hydrogens (tertiary/aromatic N) is 2. The summed E-state index contributed by atoms with van der Waals surface area (Å²) < 4.78 is 35.8. The number of urea groups is 1. The highest BCUT2D eigenvalue weighted by atomic mass is 19.4. The van der Waals surface area contributed by atoms with Crippen molar-refractivity contribution in [2.24, 2.45) is 0 Å². The van der Waals surface area contributed by atoms with Crippen LogP contribution in [0.3, 0.4) is 0 Å². The number of halogens is 3. The molecule has 1 N–H and O–H groups in total. The number of alkyl halides is 3. The molecule has 2 amide bonds. The van der Waals surface area contributed by atoms with E-state index < -0.39 is 12.3 Å². The van der Waals surface area contributed by atoms with Crippen molar-refractivity contribution >= 4 is 6.03 Å². The maximum absolute atomic E-state index is 11.9. The summed E-state index contributed by atoms with van der Waals surface area (Å²) in [4.78, 5) is 14.4. The van der Waals surface area contributed by atoms with Gasteiger partial charge in [-0.2, -0.15) is 13.2 Å². The zero-order valence-electron chi connectivity index (χ0n) is 9.34. The van der Waals surface area contributed by atoms with Crippen LogP contribution in [0.5, 0.6) is 0 Å². The molecule has 0 aromatic heterocycles. The summed E-state index contributed by atoms with van der Waals surface area (Å²) in [7, 11) is 3.35. The van der Waals surface area contributed by atoms with Crippen molar-refractivity contribution in [1.82, 2.24) is 15.1 Å². The molecule has 4 nitrogen and oxygen atoms in total. The second kappa shape index (κ2) is 4.90. The molecule has 1 aliphatic heterocycles. The number of hydrogen-bond acceptors (Lipinski definition) is 2.